The molecule has 0 radical (unpaired) electrons. The van der Waals surface area contributed by atoms with Crippen molar-refractivity contribution in [1.29, 1.82) is 0 Å². The molecule has 180 valence electrons. The highest BCUT2D eigenvalue weighted by Crippen LogP contribution is 2.27. The minimum atomic E-state index is -3.74. The lowest BCUT2D eigenvalue weighted by molar-refractivity contribution is 0.0652. The summed E-state index contributed by atoms with van der Waals surface area (Å²) in [5, 5.41) is 2.71. The van der Waals surface area contributed by atoms with Crippen LogP contribution in [0.4, 0.5) is 5.69 Å². The molecule has 34 heavy (non-hydrogen) atoms. The van der Waals surface area contributed by atoms with Crippen LogP contribution in [0.1, 0.15) is 56.4 Å². The standard InChI is InChI=1S/C24H27N3O6S/c1-3-4-9-27-23(29)19-8-6-17(14-20(19)24(27)30)22(28)25-18-7-5-16(2)21(15-18)34(31,32)26-10-12-33-13-11-26/h5-8,14-15H,3-4,9-13H2,1-2H3,(H,25,28). The van der Waals surface area contributed by atoms with Crippen LogP contribution in [0.3, 0.4) is 0 Å². The smallest absolute Gasteiger partial charge is 0.261 e. The Morgan fingerprint density at radius 3 is 2.44 bits per heavy atom. The van der Waals surface area contributed by atoms with Crippen molar-refractivity contribution in [2.45, 2.75) is 31.6 Å². The molecule has 10 heteroatoms. The van der Waals surface area contributed by atoms with Crippen LogP contribution in [-0.2, 0) is 14.8 Å². The predicted molar refractivity (Wildman–Crippen MR) is 125 cm³/mol. The van der Waals surface area contributed by atoms with Crippen LogP contribution in [0.25, 0.3) is 0 Å². The van der Waals surface area contributed by atoms with E-state index in [0.717, 1.165) is 6.42 Å². The monoisotopic (exact) mass is 485 g/mol. The maximum Gasteiger partial charge on any atom is 0.261 e. The van der Waals surface area contributed by atoms with Gasteiger partial charge in [0.25, 0.3) is 17.7 Å². The Balaban J connectivity index is 1.55. The molecule has 9 nitrogen and oxygen atoms in total. The number of morpholine rings is 1. The van der Waals surface area contributed by atoms with Crippen molar-refractivity contribution in [1.82, 2.24) is 9.21 Å². The van der Waals surface area contributed by atoms with E-state index in [0.29, 0.717) is 37.4 Å². The third kappa shape index (κ3) is 4.48. The average Bonchev–Trinajstić information content (AvgIpc) is 3.08. The van der Waals surface area contributed by atoms with Crippen molar-refractivity contribution in [3.8, 4) is 0 Å². The van der Waals surface area contributed by atoms with Gasteiger partial charge in [-0.2, -0.15) is 4.31 Å². The molecule has 4 rings (SSSR count). The Kier molecular flexibility index (Phi) is 6.83. The zero-order valence-corrected chi connectivity index (χ0v) is 20.0. The lowest BCUT2D eigenvalue weighted by Gasteiger charge is -2.26. The summed E-state index contributed by atoms with van der Waals surface area (Å²) in [5.41, 5.74) is 1.57. The predicted octanol–water partition coefficient (Wildman–Crippen LogP) is 2.66. The number of hydrogen-bond acceptors (Lipinski definition) is 6. The van der Waals surface area contributed by atoms with Gasteiger partial charge < -0.3 is 10.1 Å². The molecule has 1 fully saturated rings. The molecular weight excluding hydrogens is 458 g/mol. The topological polar surface area (TPSA) is 113 Å². The van der Waals surface area contributed by atoms with Crippen LogP contribution in [0.15, 0.2) is 41.3 Å². The van der Waals surface area contributed by atoms with E-state index in [4.69, 9.17) is 4.74 Å². The molecule has 1 N–H and O–H groups in total. The van der Waals surface area contributed by atoms with Gasteiger partial charge in [0.05, 0.1) is 29.2 Å². The average molecular weight is 486 g/mol. The summed E-state index contributed by atoms with van der Waals surface area (Å²) < 4.78 is 32.8. The second-order valence-electron chi connectivity index (χ2n) is 8.33. The molecule has 0 atom stereocenters. The molecule has 0 bridgehead atoms. The molecule has 2 aliphatic heterocycles. The van der Waals surface area contributed by atoms with E-state index in [1.54, 1.807) is 19.1 Å². The minimum Gasteiger partial charge on any atom is -0.379 e. The highest BCUT2D eigenvalue weighted by Gasteiger charge is 2.35. The summed E-state index contributed by atoms with van der Waals surface area (Å²) in [7, 11) is -3.74. The largest absolute Gasteiger partial charge is 0.379 e. The maximum atomic E-state index is 13.1. The Hall–Kier alpha value is -3.08. The molecule has 2 heterocycles. The van der Waals surface area contributed by atoms with Gasteiger partial charge in [0, 0.05) is 30.9 Å². The van der Waals surface area contributed by atoms with E-state index in [1.165, 1.54) is 33.5 Å². The number of carbonyl (C=O) groups excluding carboxylic acids is 3. The van der Waals surface area contributed by atoms with Crippen molar-refractivity contribution in [3.05, 3.63) is 58.7 Å². The number of imide groups is 1. The summed E-state index contributed by atoms with van der Waals surface area (Å²) in [6, 6.07) is 9.09. The van der Waals surface area contributed by atoms with Crippen LogP contribution in [0.5, 0.6) is 0 Å². The highest BCUT2D eigenvalue weighted by molar-refractivity contribution is 7.89. The molecule has 2 aromatic rings. The SMILES string of the molecule is CCCCN1C(=O)c2ccc(C(=O)Nc3ccc(C)c(S(=O)(=O)N4CCOCC4)c3)cc2C1=O. The first-order valence-electron chi connectivity index (χ1n) is 11.2. The van der Waals surface area contributed by atoms with Gasteiger partial charge in [0.15, 0.2) is 0 Å². The van der Waals surface area contributed by atoms with Gasteiger partial charge in [-0.15, -0.1) is 0 Å². The zero-order valence-electron chi connectivity index (χ0n) is 19.2. The summed E-state index contributed by atoms with van der Waals surface area (Å²) in [6.07, 6.45) is 1.56. The summed E-state index contributed by atoms with van der Waals surface area (Å²) in [5.74, 6) is -1.26. The number of fused-ring (bicyclic) bond motifs is 1. The van der Waals surface area contributed by atoms with Crippen molar-refractivity contribution < 1.29 is 27.5 Å². The van der Waals surface area contributed by atoms with Gasteiger partial charge in [0.2, 0.25) is 10.0 Å². The molecule has 3 amide bonds. The molecule has 0 saturated carbocycles. The van der Waals surface area contributed by atoms with Gasteiger partial charge >= 0.3 is 0 Å². The van der Waals surface area contributed by atoms with Crippen LogP contribution in [0.2, 0.25) is 0 Å². The minimum absolute atomic E-state index is 0.119. The van der Waals surface area contributed by atoms with Gasteiger partial charge in [-0.25, -0.2) is 8.42 Å². The van der Waals surface area contributed by atoms with E-state index in [9.17, 15) is 22.8 Å². The number of benzene rings is 2. The fourth-order valence-corrected chi connectivity index (χ4v) is 5.70. The maximum absolute atomic E-state index is 13.1. The van der Waals surface area contributed by atoms with E-state index in [2.05, 4.69) is 5.32 Å². The van der Waals surface area contributed by atoms with Crippen LogP contribution < -0.4 is 5.32 Å². The summed E-state index contributed by atoms with van der Waals surface area (Å²) in [6.45, 7) is 5.24. The first-order chi connectivity index (χ1) is 16.2. The number of nitrogens with one attached hydrogen (secondary N) is 1. The number of anilines is 1. The highest BCUT2D eigenvalue weighted by atomic mass is 32.2. The van der Waals surface area contributed by atoms with Crippen molar-refractivity contribution >= 4 is 33.4 Å². The quantitative estimate of drug-likeness (QED) is 0.604. The van der Waals surface area contributed by atoms with Crippen molar-refractivity contribution in [3.63, 3.8) is 0 Å². The Labute approximate surface area is 198 Å². The van der Waals surface area contributed by atoms with Gasteiger partial charge in [0.1, 0.15) is 0 Å². The van der Waals surface area contributed by atoms with E-state index < -0.39 is 21.8 Å². The Bertz CT molecular complexity index is 1250. The number of aryl methyl sites for hydroxylation is 1. The van der Waals surface area contributed by atoms with Gasteiger partial charge in [-0.3, -0.25) is 19.3 Å². The number of rotatable bonds is 7. The number of ether oxygens (including phenoxy) is 1. The summed E-state index contributed by atoms with van der Waals surface area (Å²) >= 11 is 0. The zero-order chi connectivity index (χ0) is 24.5. The van der Waals surface area contributed by atoms with Crippen molar-refractivity contribution in [2.24, 2.45) is 0 Å². The molecule has 0 spiro atoms. The van der Waals surface area contributed by atoms with Gasteiger partial charge in [-0.05, 0) is 49.2 Å². The number of amides is 3. The number of carbonyl (C=O) groups is 3. The number of nitrogens with zero attached hydrogens (tertiary/aromatic N) is 2. The van der Waals surface area contributed by atoms with E-state index >= 15 is 0 Å². The van der Waals surface area contributed by atoms with Gasteiger partial charge in [-0.1, -0.05) is 19.4 Å². The van der Waals surface area contributed by atoms with Crippen LogP contribution >= 0.6 is 0 Å². The fourth-order valence-electron chi connectivity index (χ4n) is 4.04. The van der Waals surface area contributed by atoms with Crippen LogP contribution in [-0.4, -0.2) is 68.2 Å². The molecule has 0 aromatic heterocycles. The Morgan fingerprint density at radius 2 is 1.74 bits per heavy atom. The Morgan fingerprint density at radius 1 is 1.03 bits per heavy atom. The lowest BCUT2D eigenvalue weighted by Crippen LogP contribution is -2.40. The normalized spacial score (nSPS) is 16.6. The fraction of sp³-hybridized carbons (Fsp3) is 0.375. The molecule has 0 unspecified atom stereocenters. The number of hydrogen-bond donors (Lipinski definition) is 1. The van der Waals surface area contributed by atoms with Crippen LogP contribution in [0, 0.1) is 6.92 Å². The third-order valence-electron chi connectivity index (χ3n) is 6.00. The third-order valence-corrected chi connectivity index (χ3v) is 8.04. The second kappa shape index (κ2) is 9.65. The van der Waals surface area contributed by atoms with Crippen molar-refractivity contribution in [2.75, 3.05) is 38.2 Å². The van der Waals surface area contributed by atoms with E-state index in [1.807, 2.05) is 6.92 Å². The first-order valence-corrected chi connectivity index (χ1v) is 12.7. The molecule has 1 saturated heterocycles. The number of unbranched alkanes of at least 4 members (excludes halogenated alkanes) is 1. The second-order valence-corrected chi connectivity index (χ2v) is 10.2. The molecule has 2 aliphatic rings. The molecule has 0 aliphatic carbocycles. The first kappa shape index (κ1) is 24.1. The van der Waals surface area contributed by atoms with E-state index in [-0.39, 0.29) is 40.6 Å². The molecular formula is C24H27N3O6S. The number of sulfonamides is 1. The summed E-state index contributed by atoms with van der Waals surface area (Å²) in [4.78, 5) is 39.4. The lowest BCUT2D eigenvalue weighted by atomic mass is 10.1. The molecule has 2 aromatic carbocycles.